The molecule has 0 radical (unpaired) electrons. The maximum absolute atomic E-state index is 13.3. The van der Waals surface area contributed by atoms with Crippen molar-refractivity contribution in [3.8, 4) is 0 Å². The molecule has 0 fully saturated rings. The number of hydrogen-bond acceptors (Lipinski definition) is 6. The molecule has 3 amide bonds. The number of nitrogens with one attached hydrogen (secondary N) is 4. The number of nitrogens with two attached hydrogens (primary N) is 1. The van der Waals surface area contributed by atoms with Crippen LogP contribution in [0.5, 0.6) is 0 Å². The molecular weight excluding hydrogens is 442 g/mol. The Labute approximate surface area is 197 Å². The first-order chi connectivity index (χ1) is 16.1. The smallest absolute Gasteiger partial charge is 0.325 e. The largest absolute Gasteiger partial charge is 0.480 e. The number of H-pyrrole nitrogens is 1. The van der Waals surface area contributed by atoms with Crippen LogP contribution in [0.15, 0.2) is 30.5 Å². The standard InChI is InChI=1S/C23H33N5O6/c1-4-12(2)19(22(32)26-13(3)23(33)34)28-21(31)18(27-20(30)16(24)11-29)9-14-10-25-17-8-6-5-7-15(14)17/h5-8,10,12-13,16,18-19,25,29H,4,9,11,24H2,1-3H3,(H,26,32)(H,27,30)(H,28,31)(H,33,34). The van der Waals surface area contributed by atoms with Crippen LogP contribution >= 0.6 is 0 Å². The van der Waals surface area contributed by atoms with Gasteiger partial charge in [0, 0.05) is 23.5 Å². The van der Waals surface area contributed by atoms with Crippen LogP contribution in [0.25, 0.3) is 10.9 Å². The van der Waals surface area contributed by atoms with Crippen LogP contribution in [-0.2, 0) is 25.6 Å². The van der Waals surface area contributed by atoms with E-state index in [1.54, 1.807) is 13.1 Å². The predicted octanol–water partition coefficient (Wildman–Crippen LogP) is -0.365. The molecule has 0 bridgehead atoms. The highest BCUT2D eigenvalue weighted by Crippen LogP contribution is 2.19. The van der Waals surface area contributed by atoms with Gasteiger partial charge in [-0.25, -0.2) is 0 Å². The quantitative estimate of drug-likeness (QED) is 0.218. The average Bonchev–Trinajstić information content (AvgIpc) is 3.23. The van der Waals surface area contributed by atoms with Gasteiger partial charge in [-0.1, -0.05) is 38.5 Å². The first-order valence-electron chi connectivity index (χ1n) is 11.1. The van der Waals surface area contributed by atoms with Gasteiger partial charge in [-0.05, 0) is 24.5 Å². The lowest BCUT2D eigenvalue weighted by Crippen LogP contribution is -2.59. The van der Waals surface area contributed by atoms with E-state index in [1.165, 1.54) is 6.92 Å². The highest BCUT2D eigenvalue weighted by molar-refractivity contribution is 5.95. The molecule has 1 heterocycles. The molecule has 1 aromatic heterocycles. The van der Waals surface area contributed by atoms with Crippen LogP contribution in [0.3, 0.4) is 0 Å². The molecule has 5 unspecified atom stereocenters. The first-order valence-corrected chi connectivity index (χ1v) is 11.1. The van der Waals surface area contributed by atoms with Crippen molar-refractivity contribution < 1.29 is 29.4 Å². The Morgan fingerprint density at radius 1 is 1.03 bits per heavy atom. The molecule has 5 atom stereocenters. The third kappa shape index (κ3) is 6.78. The van der Waals surface area contributed by atoms with Crippen LogP contribution < -0.4 is 21.7 Å². The van der Waals surface area contributed by atoms with Crippen molar-refractivity contribution in [1.29, 1.82) is 0 Å². The van der Waals surface area contributed by atoms with Crippen molar-refractivity contribution in [2.24, 2.45) is 11.7 Å². The van der Waals surface area contributed by atoms with Gasteiger partial charge in [0.05, 0.1) is 6.61 Å². The maximum Gasteiger partial charge on any atom is 0.325 e. The summed E-state index contributed by atoms with van der Waals surface area (Å²) < 4.78 is 0. The Bertz CT molecular complexity index is 1020. The molecule has 11 heteroatoms. The van der Waals surface area contributed by atoms with Gasteiger partial charge < -0.3 is 36.9 Å². The van der Waals surface area contributed by atoms with Crippen LogP contribution in [0.2, 0.25) is 0 Å². The fourth-order valence-electron chi connectivity index (χ4n) is 3.41. The first kappa shape index (κ1) is 26.8. The summed E-state index contributed by atoms with van der Waals surface area (Å²) >= 11 is 0. The third-order valence-electron chi connectivity index (χ3n) is 5.79. The number of carboxylic acids is 1. The number of benzene rings is 1. The molecule has 34 heavy (non-hydrogen) atoms. The lowest BCUT2D eigenvalue weighted by molar-refractivity contribution is -0.142. The zero-order chi connectivity index (χ0) is 25.4. The zero-order valence-electron chi connectivity index (χ0n) is 19.5. The van der Waals surface area contributed by atoms with Gasteiger partial charge in [0.25, 0.3) is 0 Å². The molecule has 0 aliphatic heterocycles. The summed E-state index contributed by atoms with van der Waals surface area (Å²) in [6.45, 7) is 4.32. The number of carbonyl (C=O) groups is 4. The number of rotatable bonds is 12. The minimum Gasteiger partial charge on any atom is -0.480 e. The topological polar surface area (TPSA) is 187 Å². The number of aliphatic hydroxyl groups excluding tert-OH is 1. The Kier molecular flexibility index (Phi) is 9.58. The SMILES string of the molecule is CCC(C)C(NC(=O)C(Cc1c[nH]c2ccccc12)NC(=O)C(N)CO)C(=O)NC(C)C(=O)O. The molecule has 2 aromatic rings. The highest BCUT2D eigenvalue weighted by Gasteiger charge is 2.32. The maximum atomic E-state index is 13.3. The Morgan fingerprint density at radius 2 is 1.71 bits per heavy atom. The molecule has 0 spiro atoms. The van der Waals surface area contributed by atoms with Crippen molar-refractivity contribution >= 4 is 34.6 Å². The van der Waals surface area contributed by atoms with Crippen molar-refractivity contribution in [2.45, 2.75) is 57.8 Å². The van der Waals surface area contributed by atoms with Crippen LogP contribution in [0.1, 0.15) is 32.8 Å². The van der Waals surface area contributed by atoms with E-state index < -0.39 is 54.5 Å². The molecule has 0 aliphatic carbocycles. The fourth-order valence-corrected chi connectivity index (χ4v) is 3.41. The van der Waals surface area contributed by atoms with Crippen LogP contribution in [0, 0.1) is 5.92 Å². The van der Waals surface area contributed by atoms with E-state index in [2.05, 4.69) is 20.9 Å². The van der Waals surface area contributed by atoms with Crippen molar-refractivity contribution in [3.63, 3.8) is 0 Å². The number of hydrogen-bond donors (Lipinski definition) is 7. The Morgan fingerprint density at radius 3 is 2.32 bits per heavy atom. The molecule has 1 aromatic carbocycles. The Balaban J connectivity index is 2.29. The number of aromatic amines is 1. The summed E-state index contributed by atoms with van der Waals surface area (Å²) in [5.41, 5.74) is 7.23. The summed E-state index contributed by atoms with van der Waals surface area (Å²) in [6.07, 6.45) is 2.37. The van der Waals surface area contributed by atoms with Gasteiger partial charge in [-0.2, -0.15) is 0 Å². The van der Waals surface area contributed by atoms with Gasteiger partial charge in [-0.15, -0.1) is 0 Å². The lowest BCUT2D eigenvalue weighted by atomic mass is 9.96. The summed E-state index contributed by atoms with van der Waals surface area (Å²) in [5, 5.41) is 26.8. The van der Waals surface area contributed by atoms with Crippen molar-refractivity contribution in [3.05, 3.63) is 36.0 Å². The number of carboxylic acid groups (broad SMARTS) is 1. The van der Waals surface area contributed by atoms with E-state index in [0.29, 0.717) is 6.42 Å². The third-order valence-corrected chi connectivity index (χ3v) is 5.79. The van der Waals surface area contributed by atoms with E-state index in [-0.39, 0.29) is 12.3 Å². The second-order valence-corrected chi connectivity index (χ2v) is 8.35. The molecule has 2 rings (SSSR count). The number of amides is 3. The summed E-state index contributed by atoms with van der Waals surface area (Å²) in [7, 11) is 0. The van der Waals surface area contributed by atoms with Crippen molar-refractivity contribution in [2.75, 3.05) is 6.61 Å². The minimum atomic E-state index is -1.22. The average molecular weight is 476 g/mol. The highest BCUT2D eigenvalue weighted by atomic mass is 16.4. The number of carbonyl (C=O) groups excluding carboxylic acids is 3. The normalized spacial score (nSPS) is 15.6. The predicted molar refractivity (Wildman–Crippen MR) is 126 cm³/mol. The van der Waals surface area contributed by atoms with E-state index >= 15 is 0 Å². The van der Waals surface area contributed by atoms with E-state index in [9.17, 15) is 24.3 Å². The monoisotopic (exact) mass is 475 g/mol. The molecular formula is C23H33N5O6. The summed E-state index contributed by atoms with van der Waals surface area (Å²) in [5.74, 6) is -3.50. The molecule has 0 aliphatic rings. The number of para-hydroxylation sites is 1. The van der Waals surface area contributed by atoms with Crippen LogP contribution in [-0.4, -0.2) is 69.7 Å². The van der Waals surface area contributed by atoms with E-state index in [4.69, 9.17) is 10.8 Å². The number of aliphatic hydroxyl groups is 1. The van der Waals surface area contributed by atoms with Gasteiger partial charge in [0.1, 0.15) is 24.2 Å². The molecule has 11 nitrogen and oxygen atoms in total. The molecule has 0 saturated heterocycles. The molecule has 186 valence electrons. The second kappa shape index (κ2) is 12.1. The Hall–Kier alpha value is -3.44. The van der Waals surface area contributed by atoms with Crippen LogP contribution in [0.4, 0.5) is 0 Å². The summed E-state index contributed by atoms with van der Waals surface area (Å²) in [4.78, 5) is 52.7. The summed E-state index contributed by atoms with van der Waals surface area (Å²) in [6, 6.07) is 2.99. The van der Waals surface area contributed by atoms with Gasteiger partial charge in [0.15, 0.2) is 0 Å². The minimum absolute atomic E-state index is 0.0973. The van der Waals surface area contributed by atoms with E-state index in [1.807, 2.05) is 31.2 Å². The zero-order valence-corrected chi connectivity index (χ0v) is 19.5. The van der Waals surface area contributed by atoms with Gasteiger partial charge >= 0.3 is 5.97 Å². The van der Waals surface area contributed by atoms with Crippen molar-refractivity contribution in [1.82, 2.24) is 20.9 Å². The lowest BCUT2D eigenvalue weighted by Gasteiger charge is -2.27. The number of fused-ring (bicyclic) bond motifs is 1. The number of aromatic nitrogens is 1. The number of aliphatic carboxylic acids is 1. The van der Waals surface area contributed by atoms with Gasteiger partial charge in [-0.3, -0.25) is 19.2 Å². The van der Waals surface area contributed by atoms with E-state index in [0.717, 1.165) is 16.5 Å². The molecule has 0 saturated carbocycles. The fraction of sp³-hybridized carbons (Fsp3) is 0.478. The molecule has 8 N–H and O–H groups in total. The van der Waals surface area contributed by atoms with Gasteiger partial charge in [0.2, 0.25) is 17.7 Å². The second-order valence-electron chi connectivity index (χ2n) is 8.35.